The van der Waals surface area contributed by atoms with Crippen LogP contribution in [0.15, 0.2) is 6.20 Å². The molecule has 0 aromatic carbocycles. The maximum atomic E-state index is 10.9. The van der Waals surface area contributed by atoms with E-state index in [2.05, 4.69) is 20.7 Å². The average molecular weight is 183 g/mol. The highest BCUT2D eigenvalue weighted by Crippen LogP contribution is 1.88. The first-order chi connectivity index (χ1) is 6.33. The Morgan fingerprint density at radius 1 is 1.69 bits per heavy atom. The van der Waals surface area contributed by atoms with E-state index < -0.39 is 0 Å². The highest BCUT2D eigenvalue weighted by Gasteiger charge is 1.99. The van der Waals surface area contributed by atoms with Gasteiger partial charge in [0.15, 0.2) is 0 Å². The number of hydrogen-bond acceptors (Lipinski definition) is 4. The third kappa shape index (κ3) is 3.66. The van der Waals surface area contributed by atoms with Crippen molar-refractivity contribution < 1.29 is 4.79 Å². The summed E-state index contributed by atoms with van der Waals surface area (Å²) in [5.41, 5.74) is 6.05. The maximum Gasteiger partial charge on any atom is 0.221 e. The summed E-state index contributed by atoms with van der Waals surface area (Å²) < 4.78 is 0. The van der Waals surface area contributed by atoms with E-state index in [-0.39, 0.29) is 5.91 Å². The minimum atomic E-state index is -0.0222. The first kappa shape index (κ1) is 9.66. The standard InChI is InChI=1S/C7H13N5O/c8-3-1-7(13)9-4-2-6-5-10-12-11-6/h5H,1-4,8H2,(H,9,13)(H,10,11,12). The largest absolute Gasteiger partial charge is 0.356 e. The fourth-order valence-electron chi connectivity index (χ4n) is 0.897. The predicted molar refractivity (Wildman–Crippen MR) is 46.8 cm³/mol. The number of aromatic nitrogens is 3. The van der Waals surface area contributed by atoms with E-state index in [4.69, 9.17) is 5.73 Å². The summed E-state index contributed by atoms with van der Waals surface area (Å²) in [5.74, 6) is -0.0222. The molecule has 0 unspecified atom stereocenters. The van der Waals surface area contributed by atoms with E-state index in [9.17, 15) is 4.79 Å². The normalized spacial score (nSPS) is 9.92. The second-order valence-electron chi connectivity index (χ2n) is 2.60. The van der Waals surface area contributed by atoms with Crippen molar-refractivity contribution in [2.24, 2.45) is 5.73 Å². The van der Waals surface area contributed by atoms with Gasteiger partial charge in [-0.1, -0.05) is 5.21 Å². The van der Waals surface area contributed by atoms with Crippen molar-refractivity contribution >= 4 is 5.91 Å². The topological polar surface area (TPSA) is 96.7 Å². The molecule has 0 bridgehead atoms. The van der Waals surface area contributed by atoms with Gasteiger partial charge in [-0.05, 0) is 0 Å². The van der Waals surface area contributed by atoms with Crippen molar-refractivity contribution in [1.82, 2.24) is 20.7 Å². The summed E-state index contributed by atoms with van der Waals surface area (Å²) in [4.78, 5) is 10.9. The fraction of sp³-hybridized carbons (Fsp3) is 0.571. The molecule has 13 heavy (non-hydrogen) atoms. The number of nitrogens with one attached hydrogen (secondary N) is 2. The molecule has 1 aromatic heterocycles. The molecule has 0 radical (unpaired) electrons. The molecule has 0 atom stereocenters. The SMILES string of the molecule is NCCC(=O)NCCc1c[nH]nn1. The third-order valence-corrected chi connectivity index (χ3v) is 1.54. The smallest absolute Gasteiger partial charge is 0.221 e. The van der Waals surface area contributed by atoms with Crippen molar-refractivity contribution in [2.45, 2.75) is 12.8 Å². The first-order valence-electron chi connectivity index (χ1n) is 4.15. The zero-order valence-corrected chi connectivity index (χ0v) is 7.29. The molecule has 4 N–H and O–H groups in total. The summed E-state index contributed by atoms with van der Waals surface area (Å²) >= 11 is 0. The van der Waals surface area contributed by atoms with Gasteiger partial charge in [0.2, 0.25) is 5.91 Å². The van der Waals surface area contributed by atoms with E-state index in [0.29, 0.717) is 25.9 Å². The summed E-state index contributed by atoms with van der Waals surface area (Å²) in [7, 11) is 0. The van der Waals surface area contributed by atoms with Crippen LogP contribution in [0.1, 0.15) is 12.1 Å². The van der Waals surface area contributed by atoms with Crippen LogP contribution in [0.4, 0.5) is 0 Å². The molecule has 1 rings (SSSR count). The molecule has 0 aliphatic rings. The summed E-state index contributed by atoms with van der Waals surface area (Å²) in [6, 6.07) is 0. The molecular formula is C7H13N5O. The van der Waals surface area contributed by atoms with E-state index in [1.54, 1.807) is 6.20 Å². The average Bonchev–Trinajstić information content (AvgIpc) is 2.57. The lowest BCUT2D eigenvalue weighted by molar-refractivity contribution is -0.120. The second-order valence-corrected chi connectivity index (χ2v) is 2.60. The van der Waals surface area contributed by atoms with Crippen molar-refractivity contribution in [3.05, 3.63) is 11.9 Å². The van der Waals surface area contributed by atoms with Gasteiger partial charge in [0.25, 0.3) is 0 Å². The molecule has 0 aliphatic heterocycles. The van der Waals surface area contributed by atoms with E-state index in [1.807, 2.05) is 0 Å². The van der Waals surface area contributed by atoms with Crippen molar-refractivity contribution in [3.63, 3.8) is 0 Å². The Morgan fingerprint density at radius 2 is 2.54 bits per heavy atom. The minimum absolute atomic E-state index is 0.0222. The van der Waals surface area contributed by atoms with Crippen LogP contribution in [-0.4, -0.2) is 34.4 Å². The highest BCUT2D eigenvalue weighted by molar-refractivity contribution is 5.75. The van der Waals surface area contributed by atoms with Gasteiger partial charge in [-0.15, -0.1) is 5.10 Å². The van der Waals surface area contributed by atoms with Crippen LogP contribution in [0.3, 0.4) is 0 Å². The molecule has 1 heterocycles. The molecule has 0 spiro atoms. The number of nitrogens with two attached hydrogens (primary N) is 1. The predicted octanol–water partition coefficient (Wildman–Crippen LogP) is -1.19. The molecule has 6 heteroatoms. The Kier molecular flexibility index (Phi) is 3.90. The molecule has 1 aromatic rings. The summed E-state index contributed by atoms with van der Waals surface area (Å²) in [5, 5.41) is 12.6. The van der Waals surface area contributed by atoms with E-state index in [0.717, 1.165) is 5.69 Å². The molecule has 0 aliphatic carbocycles. The molecule has 0 saturated heterocycles. The van der Waals surface area contributed by atoms with Crippen LogP contribution in [0.25, 0.3) is 0 Å². The number of amides is 1. The van der Waals surface area contributed by atoms with Gasteiger partial charge in [-0.25, -0.2) is 0 Å². The lowest BCUT2D eigenvalue weighted by Gasteiger charge is -2.01. The molecule has 0 fully saturated rings. The van der Waals surface area contributed by atoms with Gasteiger partial charge < -0.3 is 11.1 Å². The van der Waals surface area contributed by atoms with Crippen LogP contribution < -0.4 is 11.1 Å². The Balaban J connectivity index is 2.11. The number of carbonyl (C=O) groups is 1. The maximum absolute atomic E-state index is 10.9. The summed E-state index contributed by atoms with van der Waals surface area (Å²) in [6.07, 6.45) is 2.76. The first-order valence-corrected chi connectivity index (χ1v) is 4.15. The van der Waals surface area contributed by atoms with Crippen molar-refractivity contribution in [3.8, 4) is 0 Å². The number of carbonyl (C=O) groups excluding carboxylic acids is 1. The van der Waals surface area contributed by atoms with Gasteiger partial charge in [0.05, 0.1) is 5.69 Å². The van der Waals surface area contributed by atoms with Gasteiger partial charge in [-0.3, -0.25) is 9.89 Å². The molecule has 0 saturated carbocycles. The zero-order valence-electron chi connectivity index (χ0n) is 7.29. The monoisotopic (exact) mass is 183 g/mol. The lowest BCUT2D eigenvalue weighted by atomic mass is 10.3. The lowest BCUT2D eigenvalue weighted by Crippen LogP contribution is -2.27. The molecule has 1 amide bonds. The van der Waals surface area contributed by atoms with Gasteiger partial charge in [0, 0.05) is 32.1 Å². The fourth-order valence-corrected chi connectivity index (χ4v) is 0.897. The van der Waals surface area contributed by atoms with Gasteiger partial charge in [0.1, 0.15) is 0 Å². The minimum Gasteiger partial charge on any atom is -0.356 e. The number of aromatic amines is 1. The van der Waals surface area contributed by atoms with Crippen LogP contribution >= 0.6 is 0 Å². The van der Waals surface area contributed by atoms with Gasteiger partial charge >= 0.3 is 0 Å². The number of hydrogen-bond donors (Lipinski definition) is 3. The summed E-state index contributed by atoms with van der Waals surface area (Å²) in [6.45, 7) is 0.959. The number of rotatable bonds is 5. The molecule has 72 valence electrons. The number of H-pyrrole nitrogens is 1. The Morgan fingerprint density at radius 3 is 3.15 bits per heavy atom. The van der Waals surface area contributed by atoms with Crippen LogP contribution in [0.2, 0.25) is 0 Å². The van der Waals surface area contributed by atoms with Crippen LogP contribution in [0, 0.1) is 0 Å². The van der Waals surface area contributed by atoms with Crippen molar-refractivity contribution in [2.75, 3.05) is 13.1 Å². The van der Waals surface area contributed by atoms with Crippen molar-refractivity contribution in [1.29, 1.82) is 0 Å². The second kappa shape index (κ2) is 5.26. The third-order valence-electron chi connectivity index (χ3n) is 1.54. The van der Waals surface area contributed by atoms with Crippen LogP contribution in [0.5, 0.6) is 0 Å². The quantitative estimate of drug-likeness (QED) is 0.535. The van der Waals surface area contributed by atoms with E-state index >= 15 is 0 Å². The van der Waals surface area contributed by atoms with E-state index in [1.165, 1.54) is 0 Å². The zero-order chi connectivity index (χ0) is 9.52. The Bertz CT molecular complexity index is 245. The van der Waals surface area contributed by atoms with Gasteiger partial charge in [-0.2, -0.15) is 0 Å². The molecule has 6 nitrogen and oxygen atoms in total. The number of nitrogens with zero attached hydrogens (tertiary/aromatic N) is 2. The Hall–Kier alpha value is -1.43. The molecular weight excluding hydrogens is 170 g/mol. The van der Waals surface area contributed by atoms with Crippen LogP contribution in [-0.2, 0) is 11.2 Å². The Labute approximate surface area is 75.9 Å². The highest BCUT2D eigenvalue weighted by atomic mass is 16.1.